The number of fused-ring (bicyclic) bond motifs is 1. The molecule has 2 rings (SSSR count). The minimum atomic E-state index is -0.336. The first kappa shape index (κ1) is 8.74. The summed E-state index contributed by atoms with van der Waals surface area (Å²) in [5.74, 6) is 0.438. The lowest BCUT2D eigenvalue weighted by Crippen LogP contribution is -2.36. The van der Waals surface area contributed by atoms with Crippen molar-refractivity contribution in [1.29, 1.82) is 0 Å². The van der Waals surface area contributed by atoms with Gasteiger partial charge in [-0.3, -0.25) is 0 Å². The highest BCUT2D eigenvalue weighted by Crippen LogP contribution is 2.16. The van der Waals surface area contributed by atoms with Crippen molar-refractivity contribution >= 4 is 11.8 Å². The highest BCUT2D eigenvalue weighted by molar-refractivity contribution is 6.03. The number of allylic oxidation sites excluding steroid dienone is 2. The molecule has 4 nitrogen and oxygen atoms in total. The quantitative estimate of drug-likeness (QED) is 0.575. The van der Waals surface area contributed by atoms with E-state index in [1.807, 2.05) is 17.1 Å². The monoisotopic (exact) mass is 190 g/mol. The van der Waals surface area contributed by atoms with Crippen molar-refractivity contribution in [2.75, 3.05) is 13.7 Å². The summed E-state index contributed by atoms with van der Waals surface area (Å²) in [7, 11) is 1.37. The van der Waals surface area contributed by atoms with Crippen LogP contribution >= 0.6 is 0 Å². The Kier molecular flexibility index (Phi) is 2.18. The molecule has 0 aromatic rings. The van der Waals surface area contributed by atoms with Crippen LogP contribution in [0.15, 0.2) is 41.2 Å². The molecule has 0 unspecified atom stereocenters. The number of hydrogen-bond donors (Lipinski definition) is 0. The Morgan fingerprint density at radius 1 is 1.64 bits per heavy atom. The van der Waals surface area contributed by atoms with Crippen molar-refractivity contribution in [2.24, 2.45) is 4.99 Å². The molecular weight excluding hydrogens is 180 g/mol. The van der Waals surface area contributed by atoms with Crippen LogP contribution in [0.2, 0.25) is 0 Å². The van der Waals surface area contributed by atoms with Gasteiger partial charge in [-0.15, -0.1) is 0 Å². The van der Waals surface area contributed by atoms with Gasteiger partial charge in [0.05, 0.1) is 7.11 Å². The summed E-state index contributed by atoms with van der Waals surface area (Å²) in [6, 6.07) is 0. The van der Waals surface area contributed by atoms with E-state index in [1.54, 1.807) is 18.4 Å². The molecule has 72 valence electrons. The molecule has 0 N–H and O–H groups in total. The lowest BCUT2D eigenvalue weighted by atomic mass is 10.2. The average Bonchev–Trinajstić information content (AvgIpc) is 2.27. The molecule has 0 spiro atoms. The smallest absolute Gasteiger partial charge is 0.354 e. The second-order valence-electron chi connectivity index (χ2n) is 2.89. The Balaban J connectivity index is 2.31. The molecule has 0 bridgehead atoms. The van der Waals surface area contributed by atoms with Gasteiger partial charge in [-0.25, -0.2) is 9.79 Å². The van der Waals surface area contributed by atoms with Gasteiger partial charge < -0.3 is 9.64 Å². The van der Waals surface area contributed by atoms with E-state index in [0.29, 0.717) is 12.2 Å². The Bertz CT molecular complexity index is 378. The van der Waals surface area contributed by atoms with E-state index in [-0.39, 0.29) is 5.97 Å². The normalized spacial score (nSPS) is 18.5. The Labute approximate surface area is 81.9 Å². The molecule has 0 radical (unpaired) electrons. The van der Waals surface area contributed by atoms with Crippen molar-refractivity contribution in [3.63, 3.8) is 0 Å². The SMILES string of the molecule is COC(=O)C1=CC=CC2=NC=CCN12. The molecule has 2 aliphatic heterocycles. The lowest BCUT2D eigenvalue weighted by Gasteiger charge is -2.27. The topological polar surface area (TPSA) is 41.9 Å². The molecule has 2 heterocycles. The first-order chi connectivity index (χ1) is 6.83. The highest BCUT2D eigenvalue weighted by atomic mass is 16.5. The van der Waals surface area contributed by atoms with Crippen molar-refractivity contribution in [2.45, 2.75) is 0 Å². The van der Waals surface area contributed by atoms with Crippen LogP contribution in [0.25, 0.3) is 0 Å². The van der Waals surface area contributed by atoms with E-state index in [9.17, 15) is 4.79 Å². The zero-order chi connectivity index (χ0) is 9.97. The van der Waals surface area contributed by atoms with Gasteiger partial charge in [-0.05, 0) is 18.2 Å². The van der Waals surface area contributed by atoms with Gasteiger partial charge in [0.1, 0.15) is 11.5 Å². The lowest BCUT2D eigenvalue weighted by molar-refractivity contribution is -0.137. The maximum atomic E-state index is 11.4. The number of aliphatic imine (C=N–C) groups is 1. The van der Waals surface area contributed by atoms with Crippen LogP contribution in [0, 0.1) is 0 Å². The number of methoxy groups -OCH3 is 1. The third-order valence-corrected chi connectivity index (χ3v) is 2.06. The predicted octanol–water partition coefficient (Wildman–Crippen LogP) is 0.841. The molecule has 0 saturated carbocycles. The summed E-state index contributed by atoms with van der Waals surface area (Å²) >= 11 is 0. The predicted molar refractivity (Wildman–Crippen MR) is 52.5 cm³/mol. The van der Waals surface area contributed by atoms with E-state index in [1.165, 1.54) is 7.11 Å². The maximum absolute atomic E-state index is 11.4. The molecular formula is C10H10N2O2. The van der Waals surface area contributed by atoms with Crippen molar-refractivity contribution < 1.29 is 9.53 Å². The minimum absolute atomic E-state index is 0.336. The van der Waals surface area contributed by atoms with E-state index in [0.717, 1.165) is 5.84 Å². The van der Waals surface area contributed by atoms with Gasteiger partial charge in [-0.2, -0.15) is 0 Å². The molecule has 2 aliphatic rings. The third-order valence-electron chi connectivity index (χ3n) is 2.06. The number of esters is 1. The number of ether oxygens (including phenoxy) is 1. The minimum Gasteiger partial charge on any atom is -0.464 e. The molecule has 0 aliphatic carbocycles. The number of rotatable bonds is 1. The fraction of sp³-hybridized carbons (Fsp3) is 0.200. The molecule has 0 aromatic heterocycles. The highest BCUT2D eigenvalue weighted by Gasteiger charge is 2.23. The second-order valence-corrected chi connectivity index (χ2v) is 2.89. The Hall–Kier alpha value is -1.84. The zero-order valence-electron chi connectivity index (χ0n) is 7.80. The average molecular weight is 190 g/mol. The number of carbonyl (C=O) groups excluding carboxylic acids is 1. The number of amidine groups is 1. The van der Waals surface area contributed by atoms with Crippen LogP contribution in [-0.4, -0.2) is 30.4 Å². The molecule has 0 amide bonds. The van der Waals surface area contributed by atoms with Gasteiger partial charge >= 0.3 is 5.97 Å². The number of nitrogens with zero attached hydrogens (tertiary/aromatic N) is 2. The van der Waals surface area contributed by atoms with Crippen molar-refractivity contribution in [1.82, 2.24) is 4.90 Å². The standard InChI is InChI=1S/C10H10N2O2/c1-14-10(13)8-4-2-5-9-11-6-3-7-12(8)9/h2-6H,7H2,1H3. The van der Waals surface area contributed by atoms with Crippen LogP contribution in [0.5, 0.6) is 0 Å². The molecule has 14 heavy (non-hydrogen) atoms. The van der Waals surface area contributed by atoms with Crippen LogP contribution in [-0.2, 0) is 9.53 Å². The maximum Gasteiger partial charge on any atom is 0.354 e. The van der Waals surface area contributed by atoms with Gasteiger partial charge in [-0.1, -0.05) is 6.08 Å². The summed E-state index contributed by atoms with van der Waals surface area (Å²) in [5.41, 5.74) is 0.526. The van der Waals surface area contributed by atoms with Crippen molar-refractivity contribution in [3.8, 4) is 0 Å². The zero-order valence-corrected chi connectivity index (χ0v) is 7.80. The summed E-state index contributed by atoms with van der Waals surface area (Å²) < 4.78 is 4.68. The summed E-state index contributed by atoms with van der Waals surface area (Å²) in [6.07, 6.45) is 9.00. The Morgan fingerprint density at radius 3 is 3.29 bits per heavy atom. The molecule has 4 heteroatoms. The first-order valence-corrected chi connectivity index (χ1v) is 4.30. The van der Waals surface area contributed by atoms with E-state index in [2.05, 4.69) is 9.73 Å². The van der Waals surface area contributed by atoms with E-state index in [4.69, 9.17) is 0 Å². The fourth-order valence-corrected chi connectivity index (χ4v) is 1.40. The van der Waals surface area contributed by atoms with Crippen LogP contribution in [0.4, 0.5) is 0 Å². The van der Waals surface area contributed by atoms with Gasteiger partial charge in [0.15, 0.2) is 0 Å². The Morgan fingerprint density at radius 2 is 2.50 bits per heavy atom. The second kappa shape index (κ2) is 3.49. The van der Waals surface area contributed by atoms with E-state index >= 15 is 0 Å². The summed E-state index contributed by atoms with van der Waals surface area (Å²) in [5, 5.41) is 0. The molecule has 0 fully saturated rings. The van der Waals surface area contributed by atoms with Crippen LogP contribution in [0.3, 0.4) is 0 Å². The third kappa shape index (κ3) is 1.35. The fourth-order valence-electron chi connectivity index (χ4n) is 1.40. The number of hydrogen-bond acceptors (Lipinski definition) is 4. The van der Waals surface area contributed by atoms with Crippen LogP contribution < -0.4 is 0 Å². The molecule has 0 saturated heterocycles. The van der Waals surface area contributed by atoms with Gasteiger partial charge in [0.2, 0.25) is 0 Å². The molecule has 0 aromatic carbocycles. The van der Waals surface area contributed by atoms with Gasteiger partial charge in [0.25, 0.3) is 0 Å². The van der Waals surface area contributed by atoms with Gasteiger partial charge in [0, 0.05) is 12.7 Å². The largest absolute Gasteiger partial charge is 0.464 e. The van der Waals surface area contributed by atoms with Crippen LogP contribution in [0.1, 0.15) is 0 Å². The summed E-state index contributed by atoms with van der Waals surface area (Å²) in [6.45, 7) is 0.657. The number of carbonyl (C=O) groups is 1. The summed E-state index contributed by atoms with van der Waals surface area (Å²) in [4.78, 5) is 17.3. The van der Waals surface area contributed by atoms with Crippen molar-refractivity contribution in [3.05, 3.63) is 36.2 Å². The first-order valence-electron chi connectivity index (χ1n) is 4.30. The van der Waals surface area contributed by atoms with E-state index < -0.39 is 0 Å². The molecule has 0 atom stereocenters.